The summed E-state index contributed by atoms with van der Waals surface area (Å²) in [6, 6.07) is 5.08. The number of nitrogens with one attached hydrogen (secondary N) is 2. The summed E-state index contributed by atoms with van der Waals surface area (Å²) in [5, 5.41) is 5.33. The molecule has 29 heavy (non-hydrogen) atoms. The van der Waals surface area contributed by atoms with E-state index in [9.17, 15) is 32.3 Å². The second kappa shape index (κ2) is 7.58. The van der Waals surface area contributed by atoms with E-state index >= 15 is 0 Å². The number of imide groups is 2. The van der Waals surface area contributed by atoms with Gasteiger partial charge in [0.1, 0.15) is 0 Å². The van der Waals surface area contributed by atoms with Crippen LogP contribution in [-0.2, 0) is 15.8 Å². The largest absolute Gasteiger partial charge is 0.459 e. The van der Waals surface area contributed by atoms with Gasteiger partial charge in [0.2, 0.25) is 5.91 Å². The molecule has 1 unspecified atom stereocenters. The van der Waals surface area contributed by atoms with E-state index in [1.54, 1.807) is 0 Å². The summed E-state index contributed by atoms with van der Waals surface area (Å²) in [5.74, 6) is -4.67. The highest BCUT2D eigenvalue weighted by Gasteiger charge is 2.41. The Bertz CT molecular complexity index is 1000. The number of barbiturate groups is 1. The Hall–Kier alpha value is -3.96. The van der Waals surface area contributed by atoms with E-state index < -0.39 is 41.4 Å². The number of alkyl halides is 3. The smallest absolute Gasteiger partial charge is 0.416 e. The number of hydrazone groups is 1. The molecule has 3 rings (SSSR count). The van der Waals surface area contributed by atoms with Gasteiger partial charge in [-0.2, -0.15) is 18.3 Å². The summed E-state index contributed by atoms with van der Waals surface area (Å²) in [4.78, 5) is 48.6. The standard InChI is InChI=1S/C17H11F3N4O5/c18-17(19,20)9-3-1-4-10(7-9)24-15(27)11(13(25)22-16(24)28)8-21-23-14(26)12-5-2-6-29-12/h1-8,11H,(H,23,26)(H,22,25,28). The number of hydrogen-bond acceptors (Lipinski definition) is 6. The van der Waals surface area contributed by atoms with Crippen molar-refractivity contribution in [1.29, 1.82) is 0 Å². The Kier molecular flexibility index (Phi) is 5.17. The average molecular weight is 408 g/mol. The van der Waals surface area contributed by atoms with Crippen molar-refractivity contribution in [3.63, 3.8) is 0 Å². The SMILES string of the molecule is O=C(NN=CC1C(=O)NC(=O)N(c2cccc(C(F)(F)F)c2)C1=O)c1ccco1. The van der Waals surface area contributed by atoms with Crippen molar-refractivity contribution in [2.24, 2.45) is 11.0 Å². The van der Waals surface area contributed by atoms with E-state index in [0.717, 1.165) is 24.4 Å². The number of urea groups is 1. The first-order chi connectivity index (χ1) is 13.7. The molecule has 1 aromatic heterocycles. The second-order valence-corrected chi connectivity index (χ2v) is 5.69. The van der Waals surface area contributed by atoms with Crippen LogP contribution in [0.3, 0.4) is 0 Å². The van der Waals surface area contributed by atoms with Crippen molar-refractivity contribution >= 4 is 35.7 Å². The molecule has 150 valence electrons. The third-order valence-corrected chi connectivity index (χ3v) is 3.77. The van der Waals surface area contributed by atoms with E-state index in [1.165, 1.54) is 18.4 Å². The molecule has 0 aliphatic carbocycles. The third-order valence-electron chi connectivity index (χ3n) is 3.77. The number of carbonyl (C=O) groups is 4. The van der Waals surface area contributed by atoms with Crippen molar-refractivity contribution < 1.29 is 36.8 Å². The summed E-state index contributed by atoms with van der Waals surface area (Å²) < 4.78 is 43.5. The van der Waals surface area contributed by atoms with Gasteiger partial charge in [-0.3, -0.25) is 19.7 Å². The first kappa shape index (κ1) is 19.8. The lowest BCUT2D eigenvalue weighted by molar-refractivity contribution is -0.138. The quantitative estimate of drug-likeness (QED) is 0.455. The van der Waals surface area contributed by atoms with Crippen LogP contribution in [0, 0.1) is 5.92 Å². The van der Waals surface area contributed by atoms with Gasteiger partial charge >= 0.3 is 18.1 Å². The maximum atomic E-state index is 12.9. The summed E-state index contributed by atoms with van der Waals surface area (Å²) in [6.45, 7) is 0. The Labute approximate surface area is 160 Å². The molecule has 0 spiro atoms. The number of hydrogen-bond donors (Lipinski definition) is 2. The van der Waals surface area contributed by atoms with Gasteiger partial charge in [0.05, 0.1) is 17.5 Å². The number of nitrogens with zero attached hydrogens (tertiary/aromatic N) is 2. The van der Waals surface area contributed by atoms with Crippen LogP contribution >= 0.6 is 0 Å². The van der Waals surface area contributed by atoms with Crippen molar-refractivity contribution in [3.05, 3.63) is 54.0 Å². The van der Waals surface area contributed by atoms with Gasteiger partial charge in [0, 0.05) is 6.21 Å². The molecule has 12 heteroatoms. The highest BCUT2D eigenvalue weighted by atomic mass is 19.4. The Morgan fingerprint density at radius 1 is 1.21 bits per heavy atom. The van der Waals surface area contributed by atoms with Crippen molar-refractivity contribution in [1.82, 2.24) is 10.7 Å². The average Bonchev–Trinajstić information content (AvgIpc) is 3.18. The van der Waals surface area contributed by atoms with Gasteiger partial charge in [-0.05, 0) is 30.3 Å². The molecular weight excluding hydrogens is 397 g/mol. The molecule has 1 fully saturated rings. The molecule has 2 heterocycles. The Balaban J connectivity index is 1.81. The number of anilines is 1. The van der Waals surface area contributed by atoms with Crippen molar-refractivity contribution in [3.8, 4) is 0 Å². The molecule has 2 aromatic rings. The summed E-state index contributed by atoms with van der Waals surface area (Å²) >= 11 is 0. The molecule has 1 saturated heterocycles. The van der Waals surface area contributed by atoms with Gasteiger partial charge in [-0.1, -0.05) is 6.07 Å². The van der Waals surface area contributed by atoms with Gasteiger partial charge < -0.3 is 4.42 Å². The molecule has 1 aromatic carbocycles. The Morgan fingerprint density at radius 3 is 2.62 bits per heavy atom. The molecule has 1 aliphatic heterocycles. The summed E-state index contributed by atoms with van der Waals surface area (Å²) in [6.07, 6.45) is -2.70. The number of amides is 5. The molecule has 2 N–H and O–H groups in total. The van der Waals surface area contributed by atoms with Crippen LogP contribution in [0.1, 0.15) is 16.1 Å². The minimum atomic E-state index is -4.70. The van der Waals surface area contributed by atoms with Crippen LogP contribution in [0.2, 0.25) is 0 Å². The highest BCUT2D eigenvalue weighted by Crippen LogP contribution is 2.32. The van der Waals surface area contributed by atoms with Crippen molar-refractivity contribution in [2.45, 2.75) is 6.18 Å². The minimum absolute atomic E-state index is 0.0812. The van der Waals surface area contributed by atoms with Crippen LogP contribution in [0.4, 0.5) is 23.7 Å². The fraction of sp³-hybridized carbons (Fsp3) is 0.118. The first-order valence-corrected chi connectivity index (χ1v) is 7.91. The molecule has 5 amide bonds. The van der Waals surface area contributed by atoms with Gasteiger partial charge in [-0.15, -0.1) is 0 Å². The van der Waals surface area contributed by atoms with Gasteiger partial charge in [-0.25, -0.2) is 15.1 Å². The number of halogens is 3. The number of rotatable bonds is 4. The lowest BCUT2D eigenvalue weighted by Crippen LogP contribution is -2.58. The predicted molar refractivity (Wildman–Crippen MR) is 90.6 cm³/mol. The third kappa shape index (κ3) is 4.15. The van der Waals surface area contributed by atoms with Crippen LogP contribution < -0.4 is 15.6 Å². The van der Waals surface area contributed by atoms with Crippen LogP contribution in [0.15, 0.2) is 52.2 Å². The van der Waals surface area contributed by atoms with Crippen molar-refractivity contribution in [2.75, 3.05) is 4.90 Å². The maximum absolute atomic E-state index is 12.9. The van der Waals surface area contributed by atoms with Gasteiger partial charge in [0.25, 0.3) is 5.91 Å². The maximum Gasteiger partial charge on any atom is 0.416 e. The number of furan rings is 1. The minimum Gasteiger partial charge on any atom is -0.459 e. The van der Waals surface area contributed by atoms with Crippen LogP contribution in [0.5, 0.6) is 0 Å². The highest BCUT2D eigenvalue weighted by molar-refractivity contribution is 6.32. The zero-order chi connectivity index (χ0) is 21.2. The Morgan fingerprint density at radius 2 is 1.97 bits per heavy atom. The number of carbonyl (C=O) groups excluding carboxylic acids is 4. The lowest BCUT2D eigenvalue weighted by Gasteiger charge is -2.28. The fourth-order valence-corrected chi connectivity index (χ4v) is 2.42. The number of benzene rings is 1. The van der Waals surface area contributed by atoms with E-state index in [1.807, 2.05) is 10.7 Å². The summed E-state index contributed by atoms with van der Waals surface area (Å²) in [7, 11) is 0. The van der Waals surface area contributed by atoms with Gasteiger partial charge in [0.15, 0.2) is 11.7 Å². The zero-order valence-electron chi connectivity index (χ0n) is 14.3. The normalized spacial score (nSPS) is 17.6. The van der Waals surface area contributed by atoms with Crippen LogP contribution in [0.25, 0.3) is 0 Å². The fourth-order valence-electron chi connectivity index (χ4n) is 2.42. The van der Waals surface area contributed by atoms with Crippen LogP contribution in [-0.4, -0.2) is 30.0 Å². The zero-order valence-corrected chi connectivity index (χ0v) is 14.3. The lowest BCUT2D eigenvalue weighted by atomic mass is 10.1. The first-order valence-electron chi connectivity index (χ1n) is 7.91. The summed E-state index contributed by atoms with van der Waals surface area (Å²) in [5.41, 5.74) is 0.559. The molecular formula is C17H11F3N4O5. The molecule has 0 bridgehead atoms. The molecule has 0 radical (unpaired) electrons. The topological polar surface area (TPSA) is 121 Å². The van der Waals surface area contributed by atoms with E-state index in [-0.39, 0.29) is 11.4 Å². The monoisotopic (exact) mass is 408 g/mol. The van der Waals surface area contributed by atoms with E-state index in [4.69, 9.17) is 4.42 Å². The second-order valence-electron chi connectivity index (χ2n) is 5.69. The molecule has 1 aliphatic rings. The van der Waals surface area contributed by atoms with E-state index in [0.29, 0.717) is 11.0 Å². The molecule has 0 saturated carbocycles. The molecule has 9 nitrogen and oxygen atoms in total. The van der Waals surface area contributed by atoms with E-state index in [2.05, 4.69) is 5.10 Å². The molecule has 1 atom stereocenters. The predicted octanol–water partition coefficient (Wildman–Crippen LogP) is 1.91.